The van der Waals surface area contributed by atoms with Crippen molar-refractivity contribution >= 4 is 33.0 Å². The highest BCUT2D eigenvalue weighted by molar-refractivity contribution is 9.10. The summed E-state index contributed by atoms with van der Waals surface area (Å²) in [6.07, 6.45) is 3.21. The SMILES string of the molecule is CCN(c1ccccc1F)c1c(N)cncc1Br. The van der Waals surface area contributed by atoms with Gasteiger partial charge in [0.1, 0.15) is 5.82 Å². The maximum Gasteiger partial charge on any atom is 0.146 e. The first-order valence-corrected chi connectivity index (χ1v) is 6.35. The van der Waals surface area contributed by atoms with Gasteiger partial charge in [-0.15, -0.1) is 0 Å². The van der Waals surface area contributed by atoms with Crippen molar-refractivity contribution < 1.29 is 4.39 Å². The smallest absolute Gasteiger partial charge is 0.146 e. The van der Waals surface area contributed by atoms with Gasteiger partial charge in [0.2, 0.25) is 0 Å². The third kappa shape index (κ3) is 2.31. The molecule has 1 aromatic carbocycles. The summed E-state index contributed by atoms with van der Waals surface area (Å²) in [6.45, 7) is 2.55. The summed E-state index contributed by atoms with van der Waals surface area (Å²) in [5, 5.41) is 0. The fourth-order valence-corrected chi connectivity index (χ4v) is 2.41. The molecule has 0 fully saturated rings. The predicted molar refractivity (Wildman–Crippen MR) is 75.4 cm³/mol. The Kier molecular flexibility index (Phi) is 3.81. The number of hydrogen-bond acceptors (Lipinski definition) is 3. The van der Waals surface area contributed by atoms with Crippen molar-refractivity contribution in [1.82, 2.24) is 4.98 Å². The lowest BCUT2D eigenvalue weighted by Crippen LogP contribution is -2.19. The van der Waals surface area contributed by atoms with Crippen molar-refractivity contribution in [2.24, 2.45) is 0 Å². The lowest BCUT2D eigenvalue weighted by molar-refractivity contribution is 0.625. The lowest BCUT2D eigenvalue weighted by atomic mass is 10.2. The van der Waals surface area contributed by atoms with Crippen molar-refractivity contribution in [2.75, 3.05) is 17.2 Å². The molecular formula is C13H13BrFN3. The molecule has 0 unspecified atom stereocenters. The van der Waals surface area contributed by atoms with Crippen LogP contribution in [0, 0.1) is 5.82 Å². The first kappa shape index (κ1) is 12.8. The second-order valence-corrected chi connectivity index (χ2v) is 4.61. The Balaban J connectivity index is 2.56. The van der Waals surface area contributed by atoms with Gasteiger partial charge in [0, 0.05) is 12.7 Å². The highest BCUT2D eigenvalue weighted by atomic mass is 79.9. The van der Waals surface area contributed by atoms with E-state index in [1.165, 1.54) is 6.07 Å². The van der Waals surface area contributed by atoms with Gasteiger partial charge >= 0.3 is 0 Å². The van der Waals surface area contributed by atoms with E-state index in [9.17, 15) is 4.39 Å². The molecule has 0 atom stereocenters. The van der Waals surface area contributed by atoms with Gasteiger partial charge in [-0.1, -0.05) is 12.1 Å². The van der Waals surface area contributed by atoms with Gasteiger partial charge in [0.05, 0.1) is 27.7 Å². The van der Waals surface area contributed by atoms with Crippen molar-refractivity contribution in [1.29, 1.82) is 0 Å². The van der Waals surface area contributed by atoms with E-state index in [4.69, 9.17) is 5.73 Å². The number of halogens is 2. The van der Waals surface area contributed by atoms with E-state index in [0.29, 0.717) is 17.9 Å². The summed E-state index contributed by atoms with van der Waals surface area (Å²) in [5.41, 5.74) is 7.67. The zero-order valence-electron chi connectivity index (χ0n) is 9.90. The molecule has 0 saturated heterocycles. The summed E-state index contributed by atoms with van der Waals surface area (Å²) < 4.78 is 14.6. The van der Waals surface area contributed by atoms with Crippen LogP contribution in [0.25, 0.3) is 0 Å². The van der Waals surface area contributed by atoms with Crippen LogP contribution in [0.1, 0.15) is 6.92 Å². The molecule has 5 heteroatoms. The van der Waals surface area contributed by atoms with Crippen LogP contribution in [0.3, 0.4) is 0 Å². The van der Waals surface area contributed by atoms with Crippen molar-refractivity contribution in [2.45, 2.75) is 6.92 Å². The van der Waals surface area contributed by atoms with E-state index in [-0.39, 0.29) is 5.82 Å². The summed E-state index contributed by atoms with van der Waals surface area (Å²) >= 11 is 3.40. The molecule has 0 radical (unpaired) electrons. The van der Waals surface area contributed by atoms with Crippen LogP contribution in [0.4, 0.5) is 21.5 Å². The third-order valence-corrected chi connectivity index (χ3v) is 3.21. The van der Waals surface area contributed by atoms with Crippen LogP contribution in [-0.4, -0.2) is 11.5 Å². The number of pyridine rings is 1. The van der Waals surface area contributed by atoms with Crippen molar-refractivity contribution in [3.8, 4) is 0 Å². The Morgan fingerprint density at radius 1 is 1.33 bits per heavy atom. The van der Waals surface area contributed by atoms with E-state index in [1.54, 1.807) is 30.6 Å². The Labute approximate surface area is 114 Å². The molecule has 18 heavy (non-hydrogen) atoms. The molecule has 0 bridgehead atoms. The molecule has 0 aliphatic carbocycles. The normalized spacial score (nSPS) is 10.4. The van der Waals surface area contributed by atoms with Crippen LogP contribution in [0.15, 0.2) is 41.1 Å². The van der Waals surface area contributed by atoms with E-state index < -0.39 is 0 Å². The van der Waals surface area contributed by atoms with E-state index in [0.717, 1.165) is 10.2 Å². The largest absolute Gasteiger partial charge is 0.396 e. The number of aromatic nitrogens is 1. The molecule has 2 N–H and O–H groups in total. The first-order chi connectivity index (χ1) is 8.65. The average Bonchev–Trinajstić information content (AvgIpc) is 2.35. The van der Waals surface area contributed by atoms with Gasteiger partial charge in [0.25, 0.3) is 0 Å². The Bertz CT molecular complexity index is 539. The maximum absolute atomic E-state index is 13.9. The number of rotatable bonds is 3. The molecule has 94 valence electrons. The van der Waals surface area contributed by atoms with Crippen molar-refractivity contribution in [3.63, 3.8) is 0 Å². The van der Waals surface area contributed by atoms with E-state index >= 15 is 0 Å². The van der Waals surface area contributed by atoms with Crippen molar-refractivity contribution in [3.05, 3.63) is 46.9 Å². The standard InChI is InChI=1S/C13H13BrFN3/c1-2-18(12-6-4-3-5-10(12)15)13-9(14)7-17-8-11(13)16/h3-8H,2,16H2,1H3. The second-order valence-electron chi connectivity index (χ2n) is 3.75. The fraction of sp³-hybridized carbons (Fsp3) is 0.154. The van der Waals surface area contributed by atoms with Gasteiger partial charge in [0.15, 0.2) is 0 Å². The number of benzene rings is 1. The predicted octanol–water partition coefficient (Wildman–Crippen LogP) is 3.72. The summed E-state index contributed by atoms with van der Waals surface area (Å²) in [7, 11) is 0. The summed E-state index contributed by atoms with van der Waals surface area (Å²) in [4.78, 5) is 5.80. The number of nitrogens with two attached hydrogens (primary N) is 1. The Morgan fingerprint density at radius 3 is 2.67 bits per heavy atom. The summed E-state index contributed by atoms with van der Waals surface area (Å²) in [5.74, 6) is -0.275. The van der Waals surface area contributed by atoms with Gasteiger partial charge < -0.3 is 10.6 Å². The molecule has 0 amide bonds. The highest BCUT2D eigenvalue weighted by Gasteiger charge is 2.16. The zero-order chi connectivity index (χ0) is 13.1. The average molecular weight is 310 g/mol. The molecule has 2 aromatic rings. The number of anilines is 3. The molecule has 0 aliphatic rings. The lowest BCUT2D eigenvalue weighted by Gasteiger charge is -2.26. The second kappa shape index (κ2) is 5.35. The zero-order valence-corrected chi connectivity index (χ0v) is 11.5. The minimum atomic E-state index is -0.275. The van der Waals surface area contributed by atoms with Crippen LogP contribution in [0.2, 0.25) is 0 Å². The monoisotopic (exact) mass is 309 g/mol. The number of nitrogen functional groups attached to an aromatic ring is 1. The molecule has 0 spiro atoms. The van der Waals surface area contributed by atoms with Gasteiger partial charge in [-0.25, -0.2) is 4.39 Å². The molecule has 2 rings (SSSR count). The maximum atomic E-state index is 13.9. The van der Waals surface area contributed by atoms with Crippen LogP contribution >= 0.6 is 15.9 Å². The molecule has 1 aromatic heterocycles. The third-order valence-electron chi connectivity index (χ3n) is 2.63. The minimum absolute atomic E-state index is 0.275. The van der Waals surface area contributed by atoms with E-state index in [2.05, 4.69) is 20.9 Å². The quantitative estimate of drug-likeness (QED) is 0.939. The van der Waals surface area contributed by atoms with Crippen LogP contribution < -0.4 is 10.6 Å². The molecule has 0 aliphatic heterocycles. The summed E-state index contributed by atoms with van der Waals surface area (Å²) in [6, 6.07) is 6.62. The Morgan fingerprint density at radius 2 is 2.06 bits per heavy atom. The van der Waals surface area contributed by atoms with E-state index in [1.807, 2.05) is 11.8 Å². The fourth-order valence-electron chi connectivity index (χ4n) is 1.85. The molecule has 1 heterocycles. The topological polar surface area (TPSA) is 42.1 Å². The Hall–Kier alpha value is -1.62. The molecule has 3 nitrogen and oxygen atoms in total. The number of nitrogens with zero attached hydrogens (tertiary/aromatic N) is 2. The van der Waals surface area contributed by atoms with Crippen LogP contribution in [0.5, 0.6) is 0 Å². The minimum Gasteiger partial charge on any atom is -0.396 e. The number of hydrogen-bond donors (Lipinski definition) is 1. The number of para-hydroxylation sites is 1. The molecular weight excluding hydrogens is 297 g/mol. The first-order valence-electron chi connectivity index (χ1n) is 5.56. The van der Waals surface area contributed by atoms with Gasteiger partial charge in [-0.2, -0.15) is 0 Å². The van der Waals surface area contributed by atoms with Crippen LogP contribution in [-0.2, 0) is 0 Å². The molecule has 0 saturated carbocycles. The highest BCUT2D eigenvalue weighted by Crippen LogP contribution is 2.36. The van der Waals surface area contributed by atoms with Gasteiger partial charge in [-0.3, -0.25) is 4.98 Å². The van der Waals surface area contributed by atoms with Gasteiger partial charge in [-0.05, 0) is 35.0 Å².